The van der Waals surface area contributed by atoms with Gasteiger partial charge in [-0.1, -0.05) is 12.1 Å². The van der Waals surface area contributed by atoms with Crippen molar-refractivity contribution in [1.29, 1.82) is 0 Å². The van der Waals surface area contributed by atoms with Gasteiger partial charge >= 0.3 is 0 Å². The second-order valence-electron chi connectivity index (χ2n) is 4.68. The van der Waals surface area contributed by atoms with Gasteiger partial charge in [-0.25, -0.2) is 8.42 Å². The normalized spacial score (nSPS) is 17.8. The first-order valence-corrected chi connectivity index (χ1v) is 8.05. The fraction of sp³-hybridized carbons (Fsp3) is 0.538. The van der Waals surface area contributed by atoms with E-state index in [4.69, 9.17) is 4.74 Å². The summed E-state index contributed by atoms with van der Waals surface area (Å²) in [4.78, 5) is 0.373. The first-order chi connectivity index (χ1) is 8.55. The molecule has 1 fully saturated rings. The van der Waals surface area contributed by atoms with Gasteiger partial charge in [-0.2, -0.15) is 0 Å². The highest BCUT2D eigenvalue weighted by molar-refractivity contribution is 7.90. The molecule has 2 rings (SSSR count). The minimum atomic E-state index is -3.09. The van der Waals surface area contributed by atoms with Crippen LogP contribution in [0.15, 0.2) is 29.2 Å². The van der Waals surface area contributed by atoms with Gasteiger partial charge < -0.3 is 10.1 Å². The molecule has 100 valence electrons. The molecule has 0 bridgehead atoms. The van der Waals surface area contributed by atoms with E-state index in [2.05, 4.69) is 5.32 Å². The SMILES string of the molecule is CS(=O)(=O)c1ccc(CNC2CCOCC2)cc1. The van der Waals surface area contributed by atoms with E-state index < -0.39 is 9.84 Å². The van der Waals surface area contributed by atoms with Crippen LogP contribution in [0.5, 0.6) is 0 Å². The van der Waals surface area contributed by atoms with Crippen LogP contribution in [0.3, 0.4) is 0 Å². The van der Waals surface area contributed by atoms with Gasteiger partial charge in [-0.15, -0.1) is 0 Å². The van der Waals surface area contributed by atoms with E-state index in [0.29, 0.717) is 10.9 Å². The van der Waals surface area contributed by atoms with Gasteiger partial charge in [0.2, 0.25) is 0 Å². The van der Waals surface area contributed by atoms with E-state index in [0.717, 1.165) is 38.2 Å². The molecule has 0 saturated carbocycles. The van der Waals surface area contributed by atoms with Gasteiger partial charge in [-0.3, -0.25) is 0 Å². The van der Waals surface area contributed by atoms with Crippen LogP contribution < -0.4 is 5.32 Å². The van der Waals surface area contributed by atoms with Crippen LogP contribution in [0.1, 0.15) is 18.4 Å². The topological polar surface area (TPSA) is 55.4 Å². The molecule has 0 aliphatic carbocycles. The summed E-state index contributed by atoms with van der Waals surface area (Å²) in [6.07, 6.45) is 3.31. The summed E-state index contributed by atoms with van der Waals surface area (Å²) in [6, 6.07) is 7.56. The summed E-state index contributed by atoms with van der Waals surface area (Å²) >= 11 is 0. The number of rotatable bonds is 4. The van der Waals surface area contributed by atoms with E-state index in [1.807, 2.05) is 12.1 Å². The lowest BCUT2D eigenvalue weighted by Gasteiger charge is -2.23. The summed E-state index contributed by atoms with van der Waals surface area (Å²) in [5.74, 6) is 0. The minimum Gasteiger partial charge on any atom is -0.381 e. The Balaban J connectivity index is 1.90. The molecule has 0 radical (unpaired) electrons. The van der Waals surface area contributed by atoms with Crippen LogP contribution in [0.25, 0.3) is 0 Å². The van der Waals surface area contributed by atoms with Gasteiger partial charge in [0.05, 0.1) is 4.90 Å². The zero-order chi connectivity index (χ0) is 13.0. The largest absolute Gasteiger partial charge is 0.381 e. The molecule has 5 heteroatoms. The van der Waals surface area contributed by atoms with Gasteiger partial charge in [0.15, 0.2) is 9.84 Å². The molecule has 0 unspecified atom stereocenters. The third-order valence-corrected chi connectivity index (χ3v) is 4.30. The van der Waals surface area contributed by atoms with Gasteiger partial charge in [-0.05, 0) is 30.5 Å². The number of ether oxygens (including phenoxy) is 1. The van der Waals surface area contributed by atoms with Crippen molar-refractivity contribution in [3.05, 3.63) is 29.8 Å². The lowest BCUT2D eigenvalue weighted by atomic mass is 10.1. The van der Waals surface area contributed by atoms with Crippen LogP contribution in [-0.2, 0) is 21.1 Å². The standard InChI is InChI=1S/C13H19NO3S/c1-18(15,16)13-4-2-11(3-5-13)10-14-12-6-8-17-9-7-12/h2-5,12,14H,6-10H2,1H3. The Bertz CT molecular complexity index is 475. The van der Waals surface area contributed by atoms with Crippen molar-refractivity contribution >= 4 is 9.84 Å². The predicted molar refractivity (Wildman–Crippen MR) is 70.2 cm³/mol. The Hall–Kier alpha value is -0.910. The predicted octanol–water partition coefficient (Wildman–Crippen LogP) is 1.36. The zero-order valence-corrected chi connectivity index (χ0v) is 11.4. The Kier molecular flexibility index (Phi) is 4.37. The highest BCUT2D eigenvalue weighted by atomic mass is 32.2. The van der Waals surface area contributed by atoms with Crippen LogP contribution in [0.2, 0.25) is 0 Å². The Labute approximate surface area is 108 Å². The van der Waals surface area contributed by atoms with Crippen LogP contribution >= 0.6 is 0 Å². The molecule has 0 atom stereocenters. The van der Waals surface area contributed by atoms with Crippen molar-refractivity contribution in [2.24, 2.45) is 0 Å². The number of sulfone groups is 1. The Morgan fingerprint density at radius 1 is 1.22 bits per heavy atom. The lowest BCUT2D eigenvalue weighted by molar-refractivity contribution is 0.0776. The van der Waals surface area contributed by atoms with Crippen LogP contribution in [0.4, 0.5) is 0 Å². The van der Waals surface area contributed by atoms with Crippen LogP contribution in [0, 0.1) is 0 Å². The van der Waals surface area contributed by atoms with Crippen molar-refractivity contribution in [3.63, 3.8) is 0 Å². The van der Waals surface area contributed by atoms with Gasteiger partial charge in [0.25, 0.3) is 0 Å². The number of benzene rings is 1. The van der Waals surface area contributed by atoms with E-state index in [9.17, 15) is 8.42 Å². The van der Waals surface area contributed by atoms with Crippen LogP contribution in [-0.4, -0.2) is 33.9 Å². The highest BCUT2D eigenvalue weighted by Crippen LogP contribution is 2.11. The second-order valence-corrected chi connectivity index (χ2v) is 6.70. The molecule has 1 aromatic carbocycles. The maximum absolute atomic E-state index is 11.3. The summed E-state index contributed by atoms with van der Waals surface area (Å²) in [6.45, 7) is 2.42. The average Bonchev–Trinajstić information content (AvgIpc) is 2.37. The fourth-order valence-corrected chi connectivity index (χ4v) is 2.65. The van der Waals surface area contributed by atoms with Crippen molar-refractivity contribution in [2.75, 3.05) is 19.5 Å². The van der Waals surface area contributed by atoms with Crippen molar-refractivity contribution < 1.29 is 13.2 Å². The second kappa shape index (κ2) is 5.82. The molecule has 0 aromatic heterocycles. The molecule has 1 heterocycles. The number of hydrogen-bond acceptors (Lipinski definition) is 4. The smallest absolute Gasteiger partial charge is 0.175 e. The molecular weight excluding hydrogens is 250 g/mol. The average molecular weight is 269 g/mol. The molecule has 0 spiro atoms. The van der Waals surface area contributed by atoms with E-state index in [1.54, 1.807) is 12.1 Å². The third-order valence-electron chi connectivity index (χ3n) is 3.17. The molecule has 18 heavy (non-hydrogen) atoms. The molecule has 1 saturated heterocycles. The number of hydrogen-bond donors (Lipinski definition) is 1. The maximum atomic E-state index is 11.3. The summed E-state index contributed by atoms with van der Waals surface area (Å²) in [7, 11) is -3.09. The minimum absolute atomic E-state index is 0.373. The first-order valence-electron chi connectivity index (χ1n) is 6.16. The molecule has 1 aliphatic rings. The molecule has 1 aromatic rings. The first kappa shape index (κ1) is 13.5. The third kappa shape index (κ3) is 3.80. The Morgan fingerprint density at radius 2 is 1.83 bits per heavy atom. The zero-order valence-electron chi connectivity index (χ0n) is 10.6. The summed E-state index contributed by atoms with van der Waals surface area (Å²) < 4.78 is 27.9. The maximum Gasteiger partial charge on any atom is 0.175 e. The van der Waals surface area contributed by atoms with E-state index in [1.165, 1.54) is 6.26 Å². The van der Waals surface area contributed by atoms with Crippen molar-refractivity contribution in [1.82, 2.24) is 5.32 Å². The number of nitrogens with one attached hydrogen (secondary N) is 1. The molecule has 1 N–H and O–H groups in total. The molecule has 0 amide bonds. The van der Waals surface area contributed by atoms with E-state index >= 15 is 0 Å². The van der Waals surface area contributed by atoms with Crippen molar-refractivity contribution in [3.8, 4) is 0 Å². The van der Waals surface area contributed by atoms with Crippen molar-refractivity contribution in [2.45, 2.75) is 30.3 Å². The van der Waals surface area contributed by atoms with E-state index in [-0.39, 0.29) is 0 Å². The lowest BCUT2D eigenvalue weighted by Crippen LogP contribution is -2.34. The van der Waals surface area contributed by atoms with Gasteiger partial charge in [0.1, 0.15) is 0 Å². The quantitative estimate of drug-likeness (QED) is 0.896. The van der Waals surface area contributed by atoms with Gasteiger partial charge in [0, 0.05) is 32.1 Å². The Morgan fingerprint density at radius 3 is 2.39 bits per heavy atom. The summed E-state index contributed by atoms with van der Waals surface area (Å²) in [5.41, 5.74) is 1.11. The molecule has 1 aliphatic heterocycles. The summed E-state index contributed by atoms with van der Waals surface area (Å²) in [5, 5.41) is 3.47. The molecular formula is C13H19NO3S. The highest BCUT2D eigenvalue weighted by Gasteiger charge is 2.12. The molecule has 4 nitrogen and oxygen atoms in total. The monoisotopic (exact) mass is 269 g/mol. The fourth-order valence-electron chi connectivity index (χ4n) is 2.02.